The average molecular weight is 313 g/mol. The van der Waals surface area contributed by atoms with Gasteiger partial charge in [0.1, 0.15) is 5.82 Å². The standard InChI is InChI=1S/C13H7Cl2FN2S/c14-7-2-4-11-10(5-7)17-13(19)18(11)12-6-8(15)1-3-9(12)16/h1-6H,(H,17,19). The third kappa shape index (κ3) is 2.16. The molecule has 1 N–H and O–H groups in total. The van der Waals surface area contributed by atoms with Crippen LogP contribution in [0.15, 0.2) is 36.4 Å². The fraction of sp³-hybridized carbons (Fsp3) is 0. The van der Waals surface area contributed by atoms with Crippen molar-refractivity contribution in [1.29, 1.82) is 0 Å². The molecule has 0 atom stereocenters. The molecule has 0 spiro atoms. The lowest BCUT2D eigenvalue weighted by Gasteiger charge is -2.06. The van der Waals surface area contributed by atoms with Gasteiger partial charge in [0, 0.05) is 10.0 Å². The molecule has 96 valence electrons. The number of aromatic amines is 1. The van der Waals surface area contributed by atoms with E-state index >= 15 is 0 Å². The van der Waals surface area contributed by atoms with E-state index in [2.05, 4.69) is 4.98 Å². The monoisotopic (exact) mass is 312 g/mol. The molecular formula is C13H7Cl2FN2S. The summed E-state index contributed by atoms with van der Waals surface area (Å²) in [5.74, 6) is -0.392. The van der Waals surface area contributed by atoms with Crippen LogP contribution in [0, 0.1) is 10.6 Å². The van der Waals surface area contributed by atoms with E-state index < -0.39 is 5.82 Å². The number of aromatic nitrogens is 2. The van der Waals surface area contributed by atoms with Gasteiger partial charge in [-0.2, -0.15) is 0 Å². The first kappa shape index (κ1) is 12.7. The summed E-state index contributed by atoms with van der Waals surface area (Å²) in [4.78, 5) is 3.00. The molecule has 6 heteroatoms. The number of hydrogen-bond acceptors (Lipinski definition) is 1. The van der Waals surface area contributed by atoms with Crippen molar-refractivity contribution in [3.8, 4) is 5.69 Å². The van der Waals surface area contributed by atoms with Gasteiger partial charge in [-0.3, -0.25) is 4.57 Å². The Balaban J connectivity index is 2.39. The molecule has 0 aliphatic carbocycles. The zero-order chi connectivity index (χ0) is 13.6. The van der Waals surface area contributed by atoms with Crippen molar-refractivity contribution in [2.24, 2.45) is 0 Å². The number of nitrogens with zero attached hydrogens (tertiary/aromatic N) is 1. The molecule has 0 aliphatic rings. The fourth-order valence-corrected chi connectivity index (χ4v) is 2.63. The summed E-state index contributed by atoms with van der Waals surface area (Å²) in [5, 5.41) is 1.03. The van der Waals surface area contributed by atoms with Crippen molar-refractivity contribution in [3.05, 3.63) is 57.0 Å². The molecule has 1 aromatic heterocycles. The smallest absolute Gasteiger partial charge is 0.182 e. The molecule has 2 nitrogen and oxygen atoms in total. The summed E-state index contributed by atoms with van der Waals surface area (Å²) in [7, 11) is 0. The minimum absolute atomic E-state index is 0.311. The summed E-state index contributed by atoms with van der Waals surface area (Å²) in [6.07, 6.45) is 0. The Labute approximate surface area is 123 Å². The SMILES string of the molecule is Fc1ccc(Cl)cc1-n1c(=S)[nH]c2cc(Cl)ccc21. The van der Waals surface area contributed by atoms with Crippen molar-refractivity contribution < 1.29 is 4.39 Å². The van der Waals surface area contributed by atoms with E-state index in [4.69, 9.17) is 35.4 Å². The maximum Gasteiger partial charge on any atom is 0.182 e. The zero-order valence-electron chi connectivity index (χ0n) is 9.45. The fourth-order valence-electron chi connectivity index (χ4n) is 1.98. The summed E-state index contributed by atoms with van der Waals surface area (Å²) in [6, 6.07) is 9.60. The first-order valence-corrected chi connectivity index (χ1v) is 6.58. The molecule has 2 aromatic carbocycles. The molecule has 0 unspecified atom stereocenters. The number of fused-ring (bicyclic) bond motifs is 1. The van der Waals surface area contributed by atoms with Crippen LogP contribution in [0.2, 0.25) is 10.0 Å². The number of rotatable bonds is 1. The molecule has 0 saturated carbocycles. The van der Waals surface area contributed by atoms with Gasteiger partial charge in [0.2, 0.25) is 0 Å². The molecule has 3 aromatic rings. The van der Waals surface area contributed by atoms with Gasteiger partial charge in [-0.1, -0.05) is 23.2 Å². The van der Waals surface area contributed by atoms with Crippen molar-refractivity contribution in [2.75, 3.05) is 0 Å². The van der Waals surface area contributed by atoms with Gasteiger partial charge in [-0.15, -0.1) is 0 Å². The lowest BCUT2D eigenvalue weighted by molar-refractivity contribution is 0.619. The number of nitrogens with one attached hydrogen (secondary N) is 1. The Kier molecular flexibility index (Phi) is 3.09. The van der Waals surface area contributed by atoms with Crippen LogP contribution in [0.4, 0.5) is 4.39 Å². The predicted molar refractivity (Wildman–Crippen MR) is 78.4 cm³/mol. The Morgan fingerprint density at radius 2 is 1.74 bits per heavy atom. The predicted octanol–water partition coefficient (Wildman–Crippen LogP) is 5.13. The van der Waals surface area contributed by atoms with Gasteiger partial charge >= 0.3 is 0 Å². The van der Waals surface area contributed by atoms with Crippen molar-refractivity contribution >= 4 is 46.5 Å². The van der Waals surface area contributed by atoms with Gasteiger partial charge in [0.25, 0.3) is 0 Å². The van der Waals surface area contributed by atoms with Crippen LogP contribution in [0.5, 0.6) is 0 Å². The van der Waals surface area contributed by atoms with Crippen molar-refractivity contribution in [2.45, 2.75) is 0 Å². The first-order chi connectivity index (χ1) is 9.06. The highest BCUT2D eigenvalue weighted by Crippen LogP contribution is 2.25. The topological polar surface area (TPSA) is 20.7 Å². The van der Waals surface area contributed by atoms with E-state index in [-0.39, 0.29) is 0 Å². The van der Waals surface area contributed by atoms with Crippen LogP contribution >= 0.6 is 35.4 Å². The van der Waals surface area contributed by atoms with Gasteiger partial charge in [0.05, 0.1) is 16.7 Å². The van der Waals surface area contributed by atoms with E-state index in [1.165, 1.54) is 18.2 Å². The minimum atomic E-state index is -0.392. The number of benzene rings is 2. The van der Waals surface area contributed by atoms with Crippen LogP contribution in [0.25, 0.3) is 16.7 Å². The minimum Gasteiger partial charge on any atom is -0.330 e. The van der Waals surface area contributed by atoms with Crippen molar-refractivity contribution in [3.63, 3.8) is 0 Å². The van der Waals surface area contributed by atoms with E-state index in [1.54, 1.807) is 22.8 Å². The van der Waals surface area contributed by atoms with E-state index in [0.717, 1.165) is 11.0 Å². The van der Waals surface area contributed by atoms with Gasteiger partial charge in [-0.25, -0.2) is 4.39 Å². The molecule has 0 aliphatic heterocycles. The van der Waals surface area contributed by atoms with Gasteiger partial charge < -0.3 is 4.98 Å². The van der Waals surface area contributed by atoms with Crippen LogP contribution in [-0.2, 0) is 0 Å². The second kappa shape index (κ2) is 4.63. The first-order valence-electron chi connectivity index (χ1n) is 5.42. The lowest BCUT2D eigenvalue weighted by atomic mass is 10.2. The highest BCUT2D eigenvalue weighted by atomic mass is 35.5. The highest BCUT2D eigenvalue weighted by molar-refractivity contribution is 7.71. The van der Waals surface area contributed by atoms with Gasteiger partial charge in [-0.05, 0) is 48.6 Å². The molecule has 19 heavy (non-hydrogen) atoms. The summed E-state index contributed by atoms with van der Waals surface area (Å²) < 4.78 is 15.9. The number of halogens is 3. The molecule has 0 radical (unpaired) electrons. The third-order valence-corrected chi connectivity index (χ3v) is 3.55. The highest BCUT2D eigenvalue weighted by Gasteiger charge is 2.11. The lowest BCUT2D eigenvalue weighted by Crippen LogP contribution is -1.97. The van der Waals surface area contributed by atoms with Crippen LogP contribution < -0.4 is 0 Å². The van der Waals surface area contributed by atoms with Crippen LogP contribution in [-0.4, -0.2) is 9.55 Å². The molecule has 3 rings (SSSR count). The van der Waals surface area contributed by atoms with E-state index in [1.807, 2.05) is 0 Å². The largest absolute Gasteiger partial charge is 0.330 e. The molecule has 0 bridgehead atoms. The maximum atomic E-state index is 14.0. The number of imidazole rings is 1. The van der Waals surface area contributed by atoms with E-state index in [9.17, 15) is 4.39 Å². The average Bonchev–Trinajstić information content (AvgIpc) is 2.67. The molecule has 0 fully saturated rings. The van der Waals surface area contributed by atoms with Crippen LogP contribution in [0.3, 0.4) is 0 Å². The van der Waals surface area contributed by atoms with E-state index in [0.29, 0.717) is 20.5 Å². The number of H-pyrrole nitrogens is 1. The Morgan fingerprint density at radius 1 is 1.05 bits per heavy atom. The molecule has 0 saturated heterocycles. The second-order valence-corrected chi connectivity index (χ2v) is 5.28. The molecule has 1 heterocycles. The Bertz CT molecular complexity index is 838. The molecule has 0 amide bonds. The summed E-state index contributed by atoms with van der Waals surface area (Å²) in [5.41, 5.74) is 1.80. The third-order valence-electron chi connectivity index (χ3n) is 2.79. The Hall–Kier alpha value is -1.36. The Morgan fingerprint density at radius 3 is 2.53 bits per heavy atom. The summed E-state index contributed by atoms with van der Waals surface area (Å²) in [6.45, 7) is 0. The van der Waals surface area contributed by atoms with Crippen LogP contribution in [0.1, 0.15) is 0 Å². The second-order valence-electron chi connectivity index (χ2n) is 4.02. The van der Waals surface area contributed by atoms with Crippen molar-refractivity contribution in [1.82, 2.24) is 9.55 Å². The summed E-state index contributed by atoms with van der Waals surface area (Å²) >= 11 is 17.1. The number of hydrogen-bond donors (Lipinski definition) is 1. The quantitative estimate of drug-likeness (QED) is 0.617. The molecular weight excluding hydrogens is 306 g/mol. The maximum absolute atomic E-state index is 14.0. The zero-order valence-corrected chi connectivity index (χ0v) is 11.8. The normalized spacial score (nSPS) is 11.1. The van der Waals surface area contributed by atoms with Gasteiger partial charge in [0.15, 0.2) is 4.77 Å².